The largest absolute Gasteiger partial charge is 0.452 e. The highest BCUT2D eigenvalue weighted by Gasteiger charge is 2.17. The van der Waals surface area contributed by atoms with Crippen LogP contribution in [-0.2, 0) is 9.53 Å². The number of carbonyl (C=O) groups excluding carboxylic acids is 2. The second-order valence-corrected chi connectivity index (χ2v) is 7.19. The maximum Gasteiger partial charge on any atom is 0.339 e. The average molecular weight is 404 g/mol. The molecule has 0 aliphatic heterocycles. The van der Waals surface area contributed by atoms with Gasteiger partial charge in [-0.3, -0.25) is 4.79 Å². The SMILES string of the molecule is Cc1ccc(NC(=O)COC(=O)c2c3ccccc3cc3ccccc23)cc1Cl. The van der Waals surface area contributed by atoms with E-state index in [1.54, 1.807) is 12.1 Å². The van der Waals surface area contributed by atoms with Gasteiger partial charge in [0.2, 0.25) is 0 Å². The van der Waals surface area contributed by atoms with Crippen molar-refractivity contribution >= 4 is 50.7 Å². The van der Waals surface area contributed by atoms with Gasteiger partial charge in [0, 0.05) is 10.7 Å². The number of benzene rings is 4. The Morgan fingerprint density at radius 2 is 1.52 bits per heavy atom. The van der Waals surface area contributed by atoms with Crippen molar-refractivity contribution in [2.45, 2.75) is 6.92 Å². The Hall–Kier alpha value is -3.37. The Morgan fingerprint density at radius 3 is 2.14 bits per heavy atom. The quantitative estimate of drug-likeness (QED) is 0.348. The van der Waals surface area contributed by atoms with Crippen molar-refractivity contribution in [3.05, 3.63) is 88.9 Å². The van der Waals surface area contributed by atoms with Crippen LogP contribution in [-0.4, -0.2) is 18.5 Å². The number of fused-ring (bicyclic) bond motifs is 2. The van der Waals surface area contributed by atoms with E-state index in [4.69, 9.17) is 16.3 Å². The normalized spacial score (nSPS) is 10.8. The second kappa shape index (κ2) is 7.94. The topological polar surface area (TPSA) is 55.4 Å². The average Bonchev–Trinajstić information content (AvgIpc) is 2.73. The van der Waals surface area contributed by atoms with Crippen molar-refractivity contribution in [3.63, 3.8) is 0 Å². The molecule has 0 aliphatic carbocycles. The number of halogens is 1. The van der Waals surface area contributed by atoms with Crippen molar-refractivity contribution in [2.24, 2.45) is 0 Å². The third-order valence-electron chi connectivity index (χ3n) is 4.77. The molecule has 29 heavy (non-hydrogen) atoms. The van der Waals surface area contributed by atoms with Gasteiger partial charge in [-0.1, -0.05) is 66.2 Å². The van der Waals surface area contributed by atoms with E-state index < -0.39 is 11.9 Å². The molecule has 0 radical (unpaired) electrons. The van der Waals surface area contributed by atoms with E-state index in [0.717, 1.165) is 27.1 Å². The van der Waals surface area contributed by atoms with Crippen molar-refractivity contribution in [3.8, 4) is 0 Å². The zero-order valence-electron chi connectivity index (χ0n) is 15.7. The van der Waals surface area contributed by atoms with Crippen LogP contribution in [0.5, 0.6) is 0 Å². The Bertz CT molecular complexity index is 1200. The van der Waals surface area contributed by atoms with Gasteiger partial charge in [-0.05, 0) is 52.2 Å². The number of anilines is 1. The third-order valence-corrected chi connectivity index (χ3v) is 5.17. The van der Waals surface area contributed by atoms with E-state index in [1.807, 2.05) is 67.6 Å². The molecule has 0 atom stereocenters. The summed E-state index contributed by atoms with van der Waals surface area (Å²) in [5.74, 6) is -0.960. The van der Waals surface area contributed by atoms with E-state index >= 15 is 0 Å². The first-order valence-corrected chi connectivity index (χ1v) is 9.54. The summed E-state index contributed by atoms with van der Waals surface area (Å²) < 4.78 is 5.35. The molecule has 0 saturated heterocycles. The summed E-state index contributed by atoms with van der Waals surface area (Å²) in [4.78, 5) is 25.1. The number of carbonyl (C=O) groups is 2. The molecule has 0 fully saturated rings. The van der Waals surface area contributed by atoms with Crippen LogP contribution in [0.15, 0.2) is 72.8 Å². The van der Waals surface area contributed by atoms with Crippen LogP contribution in [0.1, 0.15) is 15.9 Å². The molecule has 144 valence electrons. The lowest BCUT2D eigenvalue weighted by molar-refractivity contribution is -0.119. The summed E-state index contributed by atoms with van der Waals surface area (Å²) in [6, 6.07) is 22.5. The predicted molar refractivity (Wildman–Crippen MR) is 117 cm³/mol. The molecule has 4 aromatic carbocycles. The smallest absolute Gasteiger partial charge is 0.339 e. The molecule has 0 bridgehead atoms. The van der Waals surface area contributed by atoms with E-state index in [-0.39, 0.29) is 6.61 Å². The molecular formula is C24H18ClNO3. The van der Waals surface area contributed by atoms with Gasteiger partial charge in [0.25, 0.3) is 5.91 Å². The number of hydrogen-bond donors (Lipinski definition) is 1. The van der Waals surface area contributed by atoms with Gasteiger partial charge in [-0.15, -0.1) is 0 Å². The van der Waals surface area contributed by atoms with Crippen molar-refractivity contribution in [2.75, 3.05) is 11.9 Å². The van der Waals surface area contributed by atoms with E-state index in [9.17, 15) is 9.59 Å². The number of aryl methyl sites for hydroxylation is 1. The maximum atomic E-state index is 12.9. The summed E-state index contributed by atoms with van der Waals surface area (Å²) >= 11 is 6.08. The lowest BCUT2D eigenvalue weighted by atomic mass is 9.97. The highest BCUT2D eigenvalue weighted by atomic mass is 35.5. The van der Waals surface area contributed by atoms with E-state index in [2.05, 4.69) is 5.32 Å². The monoisotopic (exact) mass is 403 g/mol. The predicted octanol–water partition coefficient (Wildman–Crippen LogP) is 5.75. The van der Waals surface area contributed by atoms with Crippen molar-refractivity contribution in [1.29, 1.82) is 0 Å². The number of esters is 1. The highest BCUT2D eigenvalue weighted by molar-refractivity contribution is 6.31. The van der Waals surface area contributed by atoms with Gasteiger partial charge in [0.05, 0.1) is 5.56 Å². The van der Waals surface area contributed by atoms with Crippen LogP contribution < -0.4 is 5.32 Å². The summed E-state index contributed by atoms with van der Waals surface area (Å²) in [6.45, 7) is 1.49. The van der Waals surface area contributed by atoms with Crippen LogP contribution in [0.2, 0.25) is 5.02 Å². The first-order valence-electron chi connectivity index (χ1n) is 9.16. The van der Waals surface area contributed by atoms with Crippen molar-refractivity contribution in [1.82, 2.24) is 0 Å². The lowest BCUT2D eigenvalue weighted by Crippen LogP contribution is -2.21. The molecule has 4 nitrogen and oxygen atoms in total. The standard InChI is InChI=1S/C24H18ClNO3/c1-15-10-11-18(13-21(15)25)26-22(27)14-29-24(28)23-19-8-4-2-6-16(19)12-17-7-3-5-9-20(17)23/h2-13H,14H2,1H3,(H,26,27). The number of hydrogen-bond acceptors (Lipinski definition) is 3. The van der Waals surface area contributed by atoms with Crippen LogP contribution in [0.4, 0.5) is 5.69 Å². The highest BCUT2D eigenvalue weighted by Crippen LogP contribution is 2.29. The number of amides is 1. The van der Waals surface area contributed by atoms with Gasteiger partial charge in [-0.25, -0.2) is 4.79 Å². The minimum absolute atomic E-state index is 0.387. The Balaban J connectivity index is 1.57. The van der Waals surface area contributed by atoms with Gasteiger partial charge in [0.15, 0.2) is 6.61 Å². The molecule has 0 saturated carbocycles. The summed E-state index contributed by atoms with van der Waals surface area (Å²) in [6.07, 6.45) is 0. The molecule has 0 aliphatic rings. The molecule has 0 spiro atoms. The zero-order chi connectivity index (χ0) is 20.4. The molecular weight excluding hydrogens is 386 g/mol. The molecule has 1 amide bonds. The third kappa shape index (κ3) is 3.93. The summed E-state index contributed by atoms with van der Waals surface area (Å²) in [7, 11) is 0. The van der Waals surface area contributed by atoms with E-state index in [0.29, 0.717) is 16.3 Å². The molecule has 4 aromatic rings. The molecule has 0 aromatic heterocycles. The number of ether oxygens (including phenoxy) is 1. The fourth-order valence-electron chi connectivity index (χ4n) is 3.30. The Labute approximate surface area is 173 Å². The minimum atomic E-state index is -0.532. The lowest BCUT2D eigenvalue weighted by Gasteiger charge is -2.12. The summed E-state index contributed by atoms with van der Waals surface area (Å²) in [5.41, 5.74) is 1.93. The number of rotatable bonds is 4. The van der Waals surface area contributed by atoms with Crippen LogP contribution >= 0.6 is 11.6 Å². The minimum Gasteiger partial charge on any atom is -0.452 e. The molecule has 5 heteroatoms. The second-order valence-electron chi connectivity index (χ2n) is 6.78. The van der Waals surface area contributed by atoms with Gasteiger partial charge >= 0.3 is 5.97 Å². The maximum absolute atomic E-state index is 12.9. The first-order chi connectivity index (χ1) is 14.0. The first kappa shape index (κ1) is 19.0. The molecule has 1 N–H and O–H groups in total. The fraction of sp³-hybridized carbons (Fsp3) is 0.0833. The van der Waals surface area contributed by atoms with Gasteiger partial charge < -0.3 is 10.1 Å². The molecule has 0 unspecified atom stereocenters. The van der Waals surface area contributed by atoms with Crippen molar-refractivity contribution < 1.29 is 14.3 Å². The number of nitrogens with one attached hydrogen (secondary N) is 1. The van der Waals surface area contributed by atoms with Gasteiger partial charge in [-0.2, -0.15) is 0 Å². The zero-order valence-corrected chi connectivity index (χ0v) is 16.5. The Kier molecular flexibility index (Phi) is 5.19. The van der Waals surface area contributed by atoms with Crippen LogP contribution in [0.25, 0.3) is 21.5 Å². The fourth-order valence-corrected chi connectivity index (χ4v) is 3.49. The van der Waals surface area contributed by atoms with Gasteiger partial charge in [0.1, 0.15) is 0 Å². The van der Waals surface area contributed by atoms with Crippen LogP contribution in [0.3, 0.4) is 0 Å². The Morgan fingerprint density at radius 1 is 0.897 bits per heavy atom. The molecule has 4 rings (SSSR count). The molecule has 0 heterocycles. The van der Waals surface area contributed by atoms with Crippen LogP contribution in [0, 0.1) is 6.92 Å². The van der Waals surface area contributed by atoms with E-state index in [1.165, 1.54) is 0 Å². The summed E-state index contributed by atoms with van der Waals surface area (Å²) in [5, 5.41) is 6.72.